The van der Waals surface area contributed by atoms with E-state index in [1.165, 1.54) is 12.1 Å². The van der Waals surface area contributed by atoms with Gasteiger partial charge in [0.15, 0.2) is 0 Å². The molecule has 0 radical (unpaired) electrons. The van der Waals surface area contributed by atoms with Crippen molar-refractivity contribution in [2.45, 2.75) is 31.8 Å². The third kappa shape index (κ3) is 2.03. The fourth-order valence-electron chi connectivity index (χ4n) is 3.03. The first-order valence-corrected chi connectivity index (χ1v) is 6.98. The number of hydrogen-bond acceptors (Lipinski definition) is 2. The lowest BCUT2D eigenvalue weighted by atomic mass is 9.90. The summed E-state index contributed by atoms with van der Waals surface area (Å²) in [7, 11) is 1.82. The van der Waals surface area contributed by atoms with Crippen molar-refractivity contribution in [2.24, 2.45) is 7.05 Å². The molecule has 106 valence electrons. The van der Waals surface area contributed by atoms with Crippen molar-refractivity contribution < 1.29 is 9.50 Å². The van der Waals surface area contributed by atoms with Crippen LogP contribution in [0.25, 0.3) is 0 Å². The molecular weight excluding hydrogens is 279 g/mol. The molecule has 0 spiro atoms. The summed E-state index contributed by atoms with van der Waals surface area (Å²) in [5.41, 5.74) is 2.25. The van der Waals surface area contributed by atoms with Crippen molar-refractivity contribution in [1.29, 1.82) is 0 Å². The maximum Gasteiger partial charge on any atom is 0.123 e. The van der Waals surface area contributed by atoms with Crippen LogP contribution >= 0.6 is 11.6 Å². The average molecular weight is 295 g/mol. The van der Waals surface area contributed by atoms with Crippen LogP contribution in [-0.4, -0.2) is 14.9 Å². The van der Waals surface area contributed by atoms with Crippen molar-refractivity contribution in [2.75, 3.05) is 0 Å². The lowest BCUT2D eigenvalue weighted by Crippen LogP contribution is -2.26. The second kappa shape index (κ2) is 4.57. The van der Waals surface area contributed by atoms with E-state index in [1.54, 1.807) is 10.7 Å². The van der Waals surface area contributed by atoms with Crippen molar-refractivity contribution >= 4 is 11.6 Å². The third-order valence-corrected chi connectivity index (χ3v) is 4.59. The van der Waals surface area contributed by atoms with Crippen molar-refractivity contribution in [3.8, 4) is 0 Å². The van der Waals surface area contributed by atoms with Gasteiger partial charge in [-0.25, -0.2) is 4.39 Å². The largest absolute Gasteiger partial charge is 0.385 e. The van der Waals surface area contributed by atoms with Crippen LogP contribution in [0.5, 0.6) is 0 Å². The summed E-state index contributed by atoms with van der Waals surface area (Å²) in [5.74, 6) is -0.262. The Labute approximate surface area is 122 Å². The number of aromatic nitrogens is 2. The van der Waals surface area contributed by atoms with Gasteiger partial charge in [0.2, 0.25) is 0 Å². The fraction of sp³-hybridized carbons (Fsp3) is 0.400. The number of rotatable bonds is 2. The van der Waals surface area contributed by atoms with Crippen LogP contribution in [0.1, 0.15) is 28.9 Å². The van der Waals surface area contributed by atoms with Crippen LogP contribution in [0.15, 0.2) is 18.2 Å². The Kier molecular flexibility index (Phi) is 3.10. The Hall–Kier alpha value is -1.39. The number of aryl methyl sites for hydroxylation is 3. The first-order chi connectivity index (χ1) is 9.40. The van der Waals surface area contributed by atoms with Gasteiger partial charge in [-0.15, -0.1) is 0 Å². The molecule has 1 N–H and O–H groups in total. The topological polar surface area (TPSA) is 38.0 Å². The molecule has 1 aromatic heterocycles. The van der Waals surface area contributed by atoms with Crippen molar-refractivity contribution in [1.82, 2.24) is 9.78 Å². The molecule has 0 bridgehead atoms. The van der Waals surface area contributed by atoms with Gasteiger partial charge in [-0.2, -0.15) is 5.10 Å². The van der Waals surface area contributed by atoms with Gasteiger partial charge in [0.1, 0.15) is 5.82 Å². The van der Waals surface area contributed by atoms with E-state index in [9.17, 15) is 9.50 Å². The van der Waals surface area contributed by atoms with Crippen LogP contribution in [0, 0.1) is 12.7 Å². The zero-order valence-electron chi connectivity index (χ0n) is 11.5. The van der Waals surface area contributed by atoms with Crippen LogP contribution in [0.2, 0.25) is 5.02 Å². The number of fused-ring (bicyclic) bond motifs is 1. The first-order valence-electron chi connectivity index (χ1n) is 6.60. The second-order valence-corrected chi connectivity index (χ2v) is 5.86. The molecule has 1 aliphatic rings. The zero-order valence-corrected chi connectivity index (χ0v) is 12.2. The number of aliphatic hydroxyl groups is 1. The Balaban J connectivity index is 2.00. The van der Waals surface area contributed by atoms with Crippen LogP contribution < -0.4 is 0 Å². The molecule has 0 aliphatic heterocycles. The molecule has 1 unspecified atom stereocenters. The summed E-state index contributed by atoms with van der Waals surface area (Å²) >= 11 is 6.25. The standard InChI is InChI=1S/C15H16ClFN2O/c1-9-14(16)13(19(2)18-9)8-15(20)6-5-10-7-11(17)3-4-12(10)15/h3-4,7,20H,5-6,8H2,1-2H3. The van der Waals surface area contributed by atoms with Crippen LogP contribution in [0.4, 0.5) is 4.39 Å². The lowest BCUT2D eigenvalue weighted by Gasteiger charge is -2.24. The number of nitrogens with zero attached hydrogens (tertiary/aromatic N) is 2. The highest BCUT2D eigenvalue weighted by Crippen LogP contribution is 2.40. The lowest BCUT2D eigenvalue weighted by molar-refractivity contribution is 0.0371. The van der Waals surface area contributed by atoms with Gasteiger partial charge in [-0.3, -0.25) is 4.68 Å². The van der Waals surface area contributed by atoms with Gasteiger partial charge in [-0.1, -0.05) is 17.7 Å². The molecule has 1 aromatic carbocycles. The predicted octanol–water partition coefficient (Wildman–Crippen LogP) is 2.90. The van der Waals surface area contributed by atoms with E-state index in [2.05, 4.69) is 5.10 Å². The molecule has 0 amide bonds. The highest BCUT2D eigenvalue weighted by Gasteiger charge is 2.38. The Bertz CT molecular complexity index is 683. The van der Waals surface area contributed by atoms with Crippen LogP contribution in [-0.2, 0) is 25.5 Å². The van der Waals surface area contributed by atoms with E-state index in [0.29, 0.717) is 24.3 Å². The summed E-state index contributed by atoms with van der Waals surface area (Å²) in [4.78, 5) is 0. The number of halogens is 2. The molecule has 0 saturated carbocycles. The summed E-state index contributed by atoms with van der Waals surface area (Å²) in [6.45, 7) is 1.84. The van der Waals surface area contributed by atoms with E-state index in [1.807, 2.05) is 14.0 Å². The van der Waals surface area contributed by atoms with Gasteiger partial charge in [0, 0.05) is 13.5 Å². The second-order valence-electron chi connectivity index (χ2n) is 5.48. The smallest absolute Gasteiger partial charge is 0.123 e. The van der Waals surface area contributed by atoms with Gasteiger partial charge >= 0.3 is 0 Å². The first kappa shape index (κ1) is 13.6. The van der Waals surface area contributed by atoms with E-state index in [4.69, 9.17) is 11.6 Å². The minimum Gasteiger partial charge on any atom is -0.385 e. The quantitative estimate of drug-likeness (QED) is 0.925. The summed E-state index contributed by atoms with van der Waals surface area (Å²) < 4.78 is 15.0. The highest BCUT2D eigenvalue weighted by molar-refractivity contribution is 6.31. The molecule has 3 rings (SSSR count). The van der Waals surface area contributed by atoms with E-state index in [-0.39, 0.29) is 5.82 Å². The molecular formula is C15H16ClFN2O. The Morgan fingerprint density at radius 1 is 1.50 bits per heavy atom. The normalized spacial score (nSPS) is 21.2. The van der Waals surface area contributed by atoms with Gasteiger partial charge in [0.05, 0.1) is 22.0 Å². The van der Waals surface area contributed by atoms with Gasteiger partial charge < -0.3 is 5.11 Å². The van der Waals surface area contributed by atoms with E-state index in [0.717, 1.165) is 22.5 Å². The Morgan fingerprint density at radius 3 is 2.90 bits per heavy atom. The number of hydrogen-bond donors (Lipinski definition) is 1. The summed E-state index contributed by atoms with van der Waals surface area (Å²) in [6, 6.07) is 4.57. The molecule has 2 aromatic rings. The SMILES string of the molecule is Cc1nn(C)c(CC2(O)CCc3cc(F)ccc32)c1Cl. The predicted molar refractivity (Wildman–Crippen MR) is 75.3 cm³/mol. The monoisotopic (exact) mass is 294 g/mol. The van der Waals surface area contributed by atoms with Crippen molar-refractivity contribution in [3.63, 3.8) is 0 Å². The van der Waals surface area contributed by atoms with E-state index < -0.39 is 5.60 Å². The van der Waals surface area contributed by atoms with E-state index >= 15 is 0 Å². The maximum absolute atomic E-state index is 13.3. The zero-order chi connectivity index (χ0) is 14.5. The minimum absolute atomic E-state index is 0.262. The van der Waals surface area contributed by atoms with Gasteiger partial charge in [-0.05, 0) is 43.0 Å². The molecule has 20 heavy (non-hydrogen) atoms. The highest BCUT2D eigenvalue weighted by atomic mass is 35.5. The molecule has 3 nitrogen and oxygen atoms in total. The van der Waals surface area contributed by atoms with Gasteiger partial charge in [0.25, 0.3) is 0 Å². The fourth-order valence-corrected chi connectivity index (χ4v) is 3.26. The molecule has 1 atom stereocenters. The van der Waals surface area contributed by atoms with Crippen molar-refractivity contribution in [3.05, 3.63) is 51.6 Å². The molecule has 0 saturated heterocycles. The summed E-state index contributed by atoms with van der Waals surface area (Å²) in [5, 5.41) is 15.8. The summed E-state index contributed by atoms with van der Waals surface area (Å²) in [6.07, 6.45) is 1.65. The van der Waals surface area contributed by atoms with Crippen LogP contribution in [0.3, 0.4) is 0 Å². The number of benzene rings is 1. The average Bonchev–Trinajstić information content (AvgIpc) is 2.83. The molecule has 1 heterocycles. The molecule has 1 aliphatic carbocycles. The molecule has 0 fully saturated rings. The third-order valence-electron chi connectivity index (χ3n) is 4.10. The Morgan fingerprint density at radius 2 is 2.25 bits per heavy atom. The maximum atomic E-state index is 13.3. The molecule has 5 heteroatoms. The minimum atomic E-state index is -0.993.